The Morgan fingerprint density at radius 3 is 2.88 bits per heavy atom. The third-order valence-corrected chi connectivity index (χ3v) is 4.21. The van der Waals surface area contributed by atoms with Crippen molar-refractivity contribution in [3.8, 4) is 0 Å². The molecule has 1 aromatic carbocycles. The molecule has 122 valence electrons. The maximum atomic E-state index is 12.6. The second-order valence-corrected chi connectivity index (χ2v) is 5.96. The first-order chi connectivity index (χ1) is 11.5. The van der Waals surface area contributed by atoms with Crippen molar-refractivity contribution in [1.29, 1.82) is 0 Å². The number of fused-ring (bicyclic) bond motifs is 1. The van der Waals surface area contributed by atoms with E-state index in [4.69, 9.17) is 12.2 Å². The molecule has 0 saturated carbocycles. The lowest BCUT2D eigenvalue weighted by Crippen LogP contribution is -2.26. The van der Waals surface area contributed by atoms with E-state index in [1.807, 2.05) is 12.1 Å². The van der Waals surface area contributed by atoms with Gasteiger partial charge < -0.3 is 9.88 Å². The van der Waals surface area contributed by atoms with E-state index in [1.54, 1.807) is 49.6 Å². The molecule has 7 heteroatoms. The Morgan fingerprint density at radius 1 is 1.38 bits per heavy atom. The van der Waals surface area contributed by atoms with E-state index in [1.165, 1.54) is 4.57 Å². The number of aromatic nitrogens is 3. The lowest BCUT2D eigenvalue weighted by molar-refractivity contribution is 0.0785. The Morgan fingerprint density at radius 2 is 2.17 bits per heavy atom. The predicted octanol–water partition coefficient (Wildman–Crippen LogP) is 2.26. The van der Waals surface area contributed by atoms with Crippen molar-refractivity contribution in [3.63, 3.8) is 0 Å². The Kier molecular flexibility index (Phi) is 4.26. The summed E-state index contributed by atoms with van der Waals surface area (Å²) in [6, 6.07) is 8.71. The van der Waals surface area contributed by atoms with Gasteiger partial charge in [-0.05, 0) is 42.0 Å². The zero-order chi connectivity index (χ0) is 17.3. The lowest BCUT2D eigenvalue weighted by Gasteiger charge is -2.17. The monoisotopic (exact) mass is 340 g/mol. The maximum Gasteiger partial charge on any atom is 0.261 e. The number of aromatic amines is 1. The second-order valence-electron chi connectivity index (χ2n) is 5.58. The molecule has 0 fully saturated rings. The summed E-state index contributed by atoms with van der Waals surface area (Å²) < 4.78 is 1.69. The van der Waals surface area contributed by atoms with Gasteiger partial charge in [0.1, 0.15) is 0 Å². The Bertz CT molecular complexity index is 1020. The number of benzene rings is 1. The van der Waals surface area contributed by atoms with Gasteiger partial charge in [-0.15, -0.1) is 0 Å². The van der Waals surface area contributed by atoms with E-state index in [0.29, 0.717) is 27.8 Å². The zero-order valence-corrected chi connectivity index (χ0v) is 14.1. The first-order valence-electron chi connectivity index (χ1n) is 7.35. The lowest BCUT2D eigenvalue weighted by atomic mass is 10.1. The summed E-state index contributed by atoms with van der Waals surface area (Å²) in [6.07, 6.45) is 3.42. The van der Waals surface area contributed by atoms with Crippen molar-refractivity contribution in [3.05, 3.63) is 69.0 Å². The number of hydrogen-bond acceptors (Lipinski definition) is 4. The highest BCUT2D eigenvalue weighted by atomic mass is 32.1. The second kappa shape index (κ2) is 6.37. The van der Waals surface area contributed by atoms with Gasteiger partial charge in [0.15, 0.2) is 4.77 Å². The summed E-state index contributed by atoms with van der Waals surface area (Å²) in [7, 11) is 3.34. The van der Waals surface area contributed by atoms with Crippen LogP contribution in [-0.2, 0) is 13.6 Å². The molecule has 3 aromatic rings. The highest BCUT2D eigenvalue weighted by Crippen LogP contribution is 2.13. The van der Waals surface area contributed by atoms with E-state index >= 15 is 0 Å². The van der Waals surface area contributed by atoms with E-state index in [9.17, 15) is 9.59 Å². The van der Waals surface area contributed by atoms with E-state index < -0.39 is 0 Å². The largest absolute Gasteiger partial charge is 0.337 e. The highest BCUT2D eigenvalue weighted by Gasteiger charge is 2.14. The van der Waals surface area contributed by atoms with Crippen molar-refractivity contribution in [2.45, 2.75) is 6.54 Å². The Labute approximate surface area is 143 Å². The van der Waals surface area contributed by atoms with Crippen LogP contribution in [0.25, 0.3) is 10.9 Å². The van der Waals surface area contributed by atoms with Crippen molar-refractivity contribution < 1.29 is 4.79 Å². The maximum absolute atomic E-state index is 12.6. The third-order valence-electron chi connectivity index (χ3n) is 3.84. The molecule has 0 aliphatic carbocycles. The molecule has 0 unspecified atom stereocenters. The molecule has 1 N–H and O–H groups in total. The van der Waals surface area contributed by atoms with Crippen LogP contribution in [0.5, 0.6) is 0 Å². The first-order valence-corrected chi connectivity index (χ1v) is 7.75. The van der Waals surface area contributed by atoms with Crippen molar-refractivity contribution in [2.75, 3.05) is 7.05 Å². The molecule has 6 nitrogen and oxygen atoms in total. The van der Waals surface area contributed by atoms with Crippen LogP contribution >= 0.6 is 12.2 Å². The fourth-order valence-corrected chi connectivity index (χ4v) is 2.69. The fourth-order valence-electron chi connectivity index (χ4n) is 2.50. The number of H-pyrrole nitrogens is 1. The Balaban J connectivity index is 1.94. The molecule has 0 spiro atoms. The molecule has 1 amide bonds. The van der Waals surface area contributed by atoms with Gasteiger partial charge in [-0.1, -0.05) is 6.07 Å². The van der Waals surface area contributed by atoms with Crippen LogP contribution in [0.1, 0.15) is 15.9 Å². The van der Waals surface area contributed by atoms with E-state index in [2.05, 4.69) is 9.97 Å². The summed E-state index contributed by atoms with van der Waals surface area (Å²) in [5.41, 5.74) is 1.82. The van der Waals surface area contributed by atoms with Crippen LogP contribution < -0.4 is 5.56 Å². The van der Waals surface area contributed by atoms with Gasteiger partial charge in [-0.3, -0.25) is 19.1 Å². The van der Waals surface area contributed by atoms with Crippen molar-refractivity contribution in [1.82, 2.24) is 19.4 Å². The van der Waals surface area contributed by atoms with Gasteiger partial charge in [0.25, 0.3) is 11.5 Å². The van der Waals surface area contributed by atoms with Crippen LogP contribution in [0.4, 0.5) is 0 Å². The number of carbonyl (C=O) groups is 1. The van der Waals surface area contributed by atoms with Gasteiger partial charge in [0.05, 0.1) is 10.9 Å². The molecule has 0 atom stereocenters. The molecule has 0 aliphatic heterocycles. The van der Waals surface area contributed by atoms with Gasteiger partial charge in [0.2, 0.25) is 0 Å². The highest BCUT2D eigenvalue weighted by molar-refractivity contribution is 7.71. The molecule has 0 aliphatic rings. The fraction of sp³-hybridized carbons (Fsp3) is 0.176. The topological polar surface area (TPSA) is 71.0 Å². The minimum absolute atomic E-state index is 0.138. The van der Waals surface area contributed by atoms with Gasteiger partial charge in [-0.25, -0.2) is 0 Å². The van der Waals surface area contributed by atoms with Crippen molar-refractivity contribution in [2.24, 2.45) is 7.05 Å². The molecular formula is C17H16N4O2S. The standard InChI is InChI=1S/C17H16N4O2S/c1-20(10-11-4-3-7-18-9-11)15(22)12-5-6-13-14(8-12)19-17(24)21(2)16(13)23/h3-9H,10H2,1-2H3,(H,19,24). The molecular weight excluding hydrogens is 324 g/mol. The van der Waals surface area contributed by atoms with Crippen molar-refractivity contribution >= 4 is 29.0 Å². The van der Waals surface area contributed by atoms with Crippen LogP contribution in [0.15, 0.2) is 47.5 Å². The number of rotatable bonds is 3. The molecule has 2 aromatic heterocycles. The van der Waals surface area contributed by atoms with E-state index in [0.717, 1.165) is 5.56 Å². The molecule has 2 heterocycles. The average molecular weight is 340 g/mol. The minimum Gasteiger partial charge on any atom is -0.337 e. The zero-order valence-electron chi connectivity index (χ0n) is 13.3. The van der Waals surface area contributed by atoms with Crippen LogP contribution in [-0.4, -0.2) is 32.4 Å². The number of nitrogens with zero attached hydrogens (tertiary/aromatic N) is 3. The number of hydrogen-bond donors (Lipinski definition) is 1. The van der Waals surface area contributed by atoms with Gasteiger partial charge in [0, 0.05) is 38.6 Å². The SMILES string of the molecule is CN(Cc1cccnc1)C(=O)c1ccc2c(=O)n(C)c(=S)[nH]c2c1. The molecule has 0 bridgehead atoms. The Hall–Kier alpha value is -2.80. The summed E-state index contributed by atoms with van der Waals surface area (Å²) in [6.45, 7) is 0.456. The van der Waals surface area contributed by atoms with Gasteiger partial charge in [-0.2, -0.15) is 0 Å². The van der Waals surface area contributed by atoms with Gasteiger partial charge >= 0.3 is 0 Å². The van der Waals surface area contributed by atoms with Crippen LogP contribution in [0, 0.1) is 4.77 Å². The summed E-state index contributed by atoms with van der Waals surface area (Å²) in [5.74, 6) is -0.138. The quantitative estimate of drug-likeness (QED) is 0.743. The average Bonchev–Trinajstić information content (AvgIpc) is 2.59. The molecule has 0 radical (unpaired) electrons. The number of carbonyl (C=O) groups excluding carboxylic acids is 1. The molecule has 0 saturated heterocycles. The first kappa shape index (κ1) is 16.1. The number of nitrogens with one attached hydrogen (secondary N) is 1. The predicted molar refractivity (Wildman–Crippen MR) is 94.4 cm³/mol. The molecule has 24 heavy (non-hydrogen) atoms. The number of amides is 1. The third kappa shape index (κ3) is 2.98. The van der Waals surface area contributed by atoms with E-state index in [-0.39, 0.29) is 11.5 Å². The molecule has 3 rings (SSSR count). The summed E-state index contributed by atoms with van der Waals surface area (Å²) in [5, 5.41) is 0.498. The number of pyridine rings is 1. The van der Waals surface area contributed by atoms with Crippen LogP contribution in [0.2, 0.25) is 0 Å². The minimum atomic E-state index is -0.184. The van der Waals surface area contributed by atoms with Crippen LogP contribution in [0.3, 0.4) is 0 Å². The summed E-state index contributed by atoms with van der Waals surface area (Å²) in [4.78, 5) is 33.4. The summed E-state index contributed by atoms with van der Waals surface area (Å²) >= 11 is 5.12. The smallest absolute Gasteiger partial charge is 0.261 e. The normalized spacial score (nSPS) is 10.8.